The van der Waals surface area contributed by atoms with E-state index in [1.807, 2.05) is 0 Å². The van der Waals surface area contributed by atoms with Crippen LogP contribution in [0.2, 0.25) is 0 Å². The zero-order chi connectivity index (χ0) is 14.7. The monoisotopic (exact) mass is 343 g/mol. The highest BCUT2D eigenvalue weighted by molar-refractivity contribution is 9.10. The fourth-order valence-electron chi connectivity index (χ4n) is 1.47. The molecule has 104 valence electrons. The van der Waals surface area contributed by atoms with Crippen LogP contribution in [0.1, 0.15) is 10.4 Å². The van der Waals surface area contributed by atoms with Gasteiger partial charge in [0.05, 0.1) is 7.11 Å². The van der Waals surface area contributed by atoms with Crippen LogP contribution in [0.4, 0.5) is 8.78 Å². The Bertz CT molecular complexity index is 641. The van der Waals surface area contributed by atoms with E-state index >= 15 is 0 Å². The Morgan fingerprint density at radius 1 is 1.30 bits per heavy atom. The molecule has 0 radical (unpaired) electrons. The summed E-state index contributed by atoms with van der Waals surface area (Å²) in [5, 5.41) is 0. The van der Waals surface area contributed by atoms with E-state index in [0.717, 1.165) is 12.1 Å². The molecular weight excluding hydrogens is 336 g/mol. The first-order valence-corrected chi connectivity index (χ1v) is 6.17. The zero-order valence-corrected chi connectivity index (χ0v) is 11.8. The van der Waals surface area contributed by atoms with Crippen molar-refractivity contribution in [3.8, 4) is 11.5 Å². The fourth-order valence-corrected chi connectivity index (χ4v) is 1.87. The SMILES string of the molecule is COC(=O)c1cnccc1Oc1c(F)cc(Br)cc1F. The minimum atomic E-state index is -0.899. The number of benzene rings is 1. The molecule has 0 aliphatic heterocycles. The first-order chi connectivity index (χ1) is 9.52. The first kappa shape index (κ1) is 14.4. The van der Waals surface area contributed by atoms with Gasteiger partial charge in [-0.1, -0.05) is 15.9 Å². The van der Waals surface area contributed by atoms with Crippen molar-refractivity contribution in [1.82, 2.24) is 4.98 Å². The van der Waals surface area contributed by atoms with Crippen molar-refractivity contribution in [3.63, 3.8) is 0 Å². The molecule has 2 rings (SSSR count). The van der Waals surface area contributed by atoms with E-state index in [0.29, 0.717) is 0 Å². The zero-order valence-electron chi connectivity index (χ0n) is 10.2. The minimum Gasteiger partial charge on any atom is -0.465 e. The normalized spacial score (nSPS) is 10.2. The van der Waals surface area contributed by atoms with Crippen molar-refractivity contribution in [2.24, 2.45) is 0 Å². The molecule has 0 amide bonds. The average molecular weight is 344 g/mol. The van der Waals surface area contributed by atoms with Gasteiger partial charge >= 0.3 is 5.97 Å². The molecule has 20 heavy (non-hydrogen) atoms. The van der Waals surface area contributed by atoms with E-state index in [4.69, 9.17) is 4.74 Å². The second-order valence-corrected chi connectivity index (χ2v) is 4.58. The molecule has 0 saturated carbocycles. The number of carbonyl (C=O) groups is 1. The molecule has 0 N–H and O–H groups in total. The Hall–Kier alpha value is -2.02. The predicted molar refractivity (Wildman–Crippen MR) is 69.7 cm³/mol. The Morgan fingerprint density at radius 2 is 1.95 bits per heavy atom. The van der Waals surface area contributed by atoms with Crippen molar-refractivity contribution < 1.29 is 23.0 Å². The maximum absolute atomic E-state index is 13.7. The van der Waals surface area contributed by atoms with Gasteiger partial charge in [0, 0.05) is 22.9 Å². The molecule has 0 atom stereocenters. The molecule has 0 saturated heterocycles. The number of carbonyl (C=O) groups excluding carboxylic acids is 1. The number of pyridine rings is 1. The number of ether oxygens (including phenoxy) is 2. The van der Waals surface area contributed by atoms with E-state index in [1.165, 1.54) is 25.6 Å². The van der Waals surface area contributed by atoms with Crippen molar-refractivity contribution in [3.05, 3.63) is 52.3 Å². The third kappa shape index (κ3) is 2.93. The van der Waals surface area contributed by atoms with E-state index in [2.05, 4.69) is 25.7 Å². The lowest BCUT2D eigenvalue weighted by Crippen LogP contribution is -2.05. The smallest absolute Gasteiger partial charge is 0.343 e. The highest BCUT2D eigenvalue weighted by Gasteiger charge is 2.18. The molecule has 0 fully saturated rings. The molecule has 1 aromatic carbocycles. The van der Waals surface area contributed by atoms with Gasteiger partial charge in [-0.25, -0.2) is 13.6 Å². The van der Waals surface area contributed by atoms with Gasteiger partial charge in [-0.3, -0.25) is 4.98 Å². The number of esters is 1. The van der Waals surface area contributed by atoms with Crippen LogP contribution in [0.3, 0.4) is 0 Å². The van der Waals surface area contributed by atoms with Crippen LogP contribution in [0.5, 0.6) is 11.5 Å². The summed E-state index contributed by atoms with van der Waals surface area (Å²) in [5.41, 5.74) is -0.0308. The van der Waals surface area contributed by atoms with Crippen LogP contribution < -0.4 is 4.74 Å². The molecule has 2 aromatic rings. The number of halogens is 3. The summed E-state index contributed by atoms with van der Waals surface area (Å²) in [7, 11) is 1.18. The molecule has 0 aliphatic rings. The lowest BCUT2D eigenvalue weighted by Gasteiger charge is -2.11. The summed E-state index contributed by atoms with van der Waals surface area (Å²) in [4.78, 5) is 15.3. The molecule has 4 nitrogen and oxygen atoms in total. The molecule has 0 bridgehead atoms. The van der Waals surface area contributed by atoms with Crippen LogP contribution in [-0.4, -0.2) is 18.1 Å². The summed E-state index contributed by atoms with van der Waals surface area (Å²) in [5.74, 6) is -3.17. The standard InChI is InChI=1S/C13H8BrF2NO3/c1-19-13(18)8-6-17-3-2-11(8)20-12-9(15)4-7(14)5-10(12)16/h2-6H,1H3. The number of hydrogen-bond acceptors (Lipinski definition) is 4. The van der Waals surface area contributed by atoms with Crippen LogP contribution in [0.25, 0.3) is 0 Å². The van der Waals surface area contributed by atoms with E-state index < -0.39 is 23.4 Å². The van der Waals surface area contributed by atoms with Crippen molar-refractivity contribution in [2.75, 3.05) is 7.11 Å². The first-order valence-electron chi connectivity index (χ1n) is 5.37. The Labute approximate surface area is 121 Å². The minimum absolute atomic E-state index is 0.0308. The van der Waals surface area contributed by atoms with Crippen LogP contribution >= 0.6 is 15.9 Å². The van der Waals surface area contributed by atoms with Gasteiger partial charge in [-0.15, -0.1) is 0 Å². The van der Waals surface area contributed by atoms with Crippen molar-refractivity contribution in [1.29, 1.82) is 0 Å². The maximum Gasteiger partial charge on any atom is 0.343 e. The predicted octanol–water partition coefficient (Wildman–Crippen LogP) is 3.70. The quantitative estimate of drug-likeness (QED) is 0.797. The second-order valence-electron chi connectivity index (χ2n) is 3.66. The van der Waals surface area contributed by atoms with Crippen LogP contribution in [0.15, 0.2) is 35.1 Å². The maximum atomic E-state index is 13.7. The largest absolute Gasteiger partial charge is 0.465 e. The second kappa shape index (κ2) is 5.96. The molecule has 1 heterocycles. The summed E-state index contributed by atoms with van der Waals surface area (Å²) in [6.07, 6.45) is 2.52. The molecule has 7 heteroatoms. The summed E-state index contributed by atoms with van der Waals surface area (Å²) >= 11 is 2.96. The van der Waals surface area contributed by atoms with Crippen molar-refractivity contribution in [2.45, 2.75) is 0 Å². The molecular formula is C13H8BrF2NO3. The Kier molecular flexibility index (Phi) is 4.29. The average Bonchev–Trinajstić information content (AvgIpc) is 2.42. The Balaban J connectivity index is 2.43. The topological polar surface area (TPSA) is 48.4 Å². The van der Waals surface area contributed by atoms with Gasteiger partial charge in [-0.05, 0) is 12.1 Å². The number of aromatic nitrogens is 1. The lowest BCUT2D eigenvalue weighted by molar-refractivity contribution is 0.0597. The summed E-state index contributed by atoms with van der Waals surface area (Å²) in [6, 6.07) is 3.42. The molecule has 0 aliphatic carbocycles. The van der Waals surface area contributed by atoms with Gasteiger partial charge in [0.2, 0.25) is 0 Å². The van der Waals surface area contributed by atoms with Gasteiger partial charge < -0.3 is 9.47 Å². The fraction of sp³-hybridized carbons (Fsp3) is 0.0769. The summed E-state index contributed by atoms with van der Waals surface area (Å²) < 4.78 is 37.3. The lowest BCUT2D eigenvalue weighted by atomic mass is 10.2. The Morgan fingerprint density at radius 3 is 2.55 bits per heavy atom. The van der Waals surface area contributed by atoms with Crippen LogP contribution in [0, 0.1) is 11.6 Å². The molecule has 1 aromatic heterocycles. The number of nitrogens with zero attached hydrogens (tertiary/aromatic N) is 1. The van der Waals surface area contributed by atoms with Gasteiger partial charge in [-0.2, -0.15) is 0 Å². The highest BCUT2D eigenvalue weighted by atomic mass is 79.9. The van der Waals surface area contributed by atoms with E-state index in [-0.39, 0.29) is 15.8 Å². The van der Waals surface area contributed by atoms with E-state index in [1.54, 1.807) is 0 Å². The highest BCUT2D eigenvalue weighted by Crippen LogP contribution is 2.31. The molecule has 0 unspecified atom stereocenters. The van der Waals surface area contributed by atoms with Crippen LogP contribution in [-0.2, 0) is 4.74 Å². The number of hydrogen-bond donors (Lipinski definition) is 0. The third-order valence-corrected chi connectivity index (χ3v) is 2.82. The van der Waals surface area contributed by atoms with Gasteiger partial charge in [0.25, 0.3) is 0 Å². The van der Waals surface area contributed by atoms with E-state index in [9.17, 15) is 13.6 Å². The third-order valence-electron chi connectivity index (χ3n) is 2.36. The number of methoxy groups -OCH3 is 1. The summed E-state index contributed by atoms with van der Waals surface area (Å²) in [6.45, 7) is 0. The van der Waals surface area contributed by atoms with Crippen molar-refractivity contribution >= 4 is 21.9 Å². The van der Waals surface area contributed by atoms with Gasteiger partial charge in [0.15, 0.2) is 17.4 Å². The van der Waals surface area contributed by atoms with Gasteiger partial charge in [0.1, 0.15) is 11.3 Å². The number of rotatable bonds is 3. The molecule has 0 spiro atoms.